The summed E-state index contributed by atoms with van der Waals surface area (Å²) in [6.45, 7) is 2.98. The molecule has 1 aromatic carbocycles. The summed E-state index contributed by atoms with van der Waals surface area (Å²) in [7, 11) is 0. The van der Waals surface area contributed by atoms with E-state index in [4.69, 9.17) is 4.74 Å². The second kappa shape index (κ2) is 8.59. The lowest BCUT2D eigenvalue weighted by molar-refractivity contribution is -0.134. The Morgan fingerprint density at radius 2 is 2.00 bits per heavy atom. The van der Waals surface area contributed by atoms with Gasteiger partial charge in [-0.3, -0.25) is 9.48 Å². The third kappa shape index (κ3) is 4.89. The highest BCUT2D eigenvalue weighted by molar-refractivity contribution is 5.76. The number of benzene rings is 1. The van der Waals surface area contributed by atoms with E-state index in [9.17, 15) is 4.79 Å². The van der Waals surface area contributed by atoms with Gasteiger partial charge in [0.2, 0.25) is 5.91 Å². The van der Waals surface area contributed by atoms with Gasteiger partial charge in [-0.05, 0) is 24.8 Å². The lowest BCUT2D eigenvalue weighted by Crippen LogP contribution is -2.40. The second-order valence-corrected chi connectivity index (χ2v) is 6.14. The minimum atomic E-state index is 0.233. The van der Waals surface area contributed by atoms with Crippen molar-refractivity contribution < 1.29 is 9.53 Å². The quantitative estimate of drug-likeness (QED) is 0.782. The molecule has 24 heavy (non-hydrogen) atoms. The summed E-state index contributed by atoms with van der Waals surface area (Å²) >= 11 is 0. The van der Waals surface area contributed by atoms with Crippen LogP contribution in [0.2, 0.25) is 0 Å². The first-order valence-electron chi connectivity index (χ1n) is 8.57. The number of rotatable bonds is 7. The second-order valence-electron chi connectivity index (χ2n) is 6.14. The molecule has 0 saturated carbocycles. The van der Waals surface area contributed by atoms with Crippen molar-refractivity contribution >= 4 is 5.91 Å². The number of hydrogen-bond acceptors (Lipinski definition) is 4. The van der Waals surface area contributed by atoms with Crippen molar-refractivity contribution in [1.82, 2.24) is 19.7 Å². The number of carbonyl (C=O) groups excluding carboxylic acids is 1. The minimum Gasteiger partial charge on any atom is -0.373 e. The molecular weight excluding hydrogens is 304 g/mol. The predicted octanol–water partition coefficient (Wildman–Crippen LogP) is 2.27. The summed E-state index contributed by atoms with van der Waals surface area (Å²) in [6, 6.07) is 10.2. The highest BCUT2D eigenvalue weighted by Gasteiger charge is 2.22. The van der Waals surface area contributed by atoms with E-state index in [1.54, 1.807) is 11.0 Å². The fourth-order valence-corrected chi connectivity index (χ4v) is 2.96. The Morgan fingerprint density at radius 3 is 2.71 bits per heavy atom. The van der Waals surface area contributed by atoms with Crippen LogP contribution in [0, 0.1) is 0 Å². The summed E-state index contributed by atoms with van der Waals surface area (Å²) < 4.78 is 7.73. The zero-order valence-corrected chi connectivity index (χ0v) is 13.9. The first kappa shape index (κ1) is 16.6. The minimum absolute atomic E-state index is 0.233. The highest BCUT2D eigenvalue weighted by atomic mass is 16.5. The molecule has 6 nitrogen and oxygen atoms in total. The molecule has 3 rings (SSSR count). The van der Waals surface area contributed by atoms with Crippen molar-refractivity contribution in [2.45, 2.75) is 44.9 Å². The van der Waals surface area contributed by atoms with Gasteiger partial charge in [0.05, 0.1) is 12.7 Å². The van der Waals surface area contributed by atoms with Crippen LogP contribution in [0.25, 0.3) is 0 Å². The Bertz CT molecular complexity index is 607. The van der Waals surface area contributed by atoms with Crippen LogP contribution < -0.4 is 0 Å². The fraction of sp³-hybridized carbons (Fsp3) is 0.500. The number of ether oxygens (including phenoxy) is 1. The van der Waals surface area contributed by atoms with Crippen LogP contribution in [0.15, 0.2) is 43.0 Å². The molecule has 6 heteroatoms. The maximum Gasteiger partial charge on any atom is 0.222 e. The Kier molecular flexibility index (Phi) is 5.96. The normalized spacial score (nSPS) is 15.6. The van der Waals surface area contributed by atoms with Gasteiger partial charge in [-0.1, -0.05) is 30.3 Å². The summed E-state index contributed by atoms with van der Waals surface area (Å²) in [4.78, 5) is 18.1. The molecule has 2 aromatic rings. The molecule has 0 atom stereocenters. The molecule has 1 aliphatic heterocycles. The maximum absolute atomic E-state index is 12.3. The monoisotopic (exact) mass is 328 g/mol. The van der Waals surface area contributed by atoms with Crippen LogP contribution in [0.1, 0.15) is 31.2 Å². The highest BCUT2D eigenvalue weighted by Crippen LogP contribution is 2.16. The number of nitrogens with zero attached hydrogens (tertiary/aromatic N) is 4. The van der Waals surface area contributed by atoms with E-state index in [2.05, 4.69) is 22.2 Å². The lowest BCUT2D eigenvalue weighted by Gasteiger charge is -2.32. The zero-order chi connectivity index (χ0) is 16.6. The Morgan fingerprint density at radius 1 is 1.21 bits per heavy atom. The molecule has 1 aromatic heterocycles. The molecule has 0 spiro atoms. The van der Waals surface area contributed by atoms with Gasteiger partial charge in [0.25, 0.3) is 0 Å². The maximum atomic E-state index is 12.3. The van der Waals surface area contributed by atoms with Crippen molar-refractivity contribution in [2.24, 2.45) is 0 Å². The summed E-state index contributed by atoms with van der Waals surface area (Å²) in [5.74, 6) is 0.233. The first-order chi connectivity index (χ1) is 11.8. The van der Waals surface area contributed by atoms with Gasteiger partial charge in [0, 0.05) is 26.1 Å². The van der Waals surface area contributed by atoms with Crippen LogP contribution >= 0.6 is 0 Å². The number of aromatic nitrogens is 3. The van der Waals surface area contributed by atoms with E-state index >= 15 is 0 Å². The van der Waals surface area contributed by atoms with Crippen LogP contribution in [-0.2, 0) is 22.7 Å². The molecular formula is C18H24N4O2. The van der Waals surface area contributed by atoms with Crippen LogP contribution in [0.3, 0.4) is 0 Å². The van der Waals surface area contributed by atoms with E-state index in [-0.39, 0.29) is 12.0 Å². The molecule has 0 radical (unpaired) electrons. The number of piperidine rings is 1. The van der Waals surface area contributed by atoms with Gasteiger partial charge in [0.1, 0.15) is 12.7 Å². The van der Waals surface area contributed by atoms with E-state index < -0.39 is 0 Å². The molecule has 1 amide bonds. The Hall–Kier alpha value is -2.21. The van der Waals surface area contributed by atoms with Crippen molar-refractivity contribution in [3.63, 3.8) is 0 Å². The molecule has 1 fully saturated rings. The topological polar surface area (TPSA) is 60.2 Å². The van der Waals surface area contributed by atoms with Gasteiger partial charge in [-0.2, -0.15) is 5.10 Å². The van der Waals surface area contributed by atoms with E-state index in [0.717, 1.165) is 38.9 Å². The number of amides is 1. The van der Waals surface area contributed by atoms with Crippen molar-refractivity contribution in [1.29, 1.82) is 0 Å². The third-order valence-electron chi connectivity index (χ3n) is 4.37. The third-order valence-corrected chi connectivity index (χ3v) is 4.37. The average Bonchev–Trinajstić information content (AvgIpc) is 3.15. The molecule has 1 aliphatic rings. The summed E-state index contributed by atoms with van der Waals surface area (Å²) in [5.41, 5.74) is 1.20. The van der Waals surface area contributed by atoms with Gasteiger partial charge < -0.3 is 9.64 Å². The molecule has 128 valence electrons. The summed E-state index contributed by atoms with van der Waals surface area (Å²) in [5, 5.41) is 4.05. The van der Waals surface area contributed by atoms with Gasteiger partial charge >= 0.3 is 0 Å². The standard InChI is InChI=1S/C18H24N4O2/c23-18(7-4-10-22-15-19-14-20-22)21-11-8-17(9-12-21)24-13-16-5-2-1-3-6-16/h1-3,5-6,14-15,17H,4,7-13H2. The SMILES string of the molecule is O=C(CCCn1cncn1)N1CCC(OCc2ccccc2)CC1. The van der Waals surface area contributed by atoms with E-state index in [1.807, 2.05) is 23.1 Å². The zero-order valence-electron chi connectivity index (χ0n) is 13.9. The molecule has 0 unspecified atom stereocenters. The van der Waals surface area contributed by atoms with Gasteiger partial charge in [0.15, 0.2) is 0 Å². The van der Waals surface area contributed by atoms with Crippen molar-refractivity contribution in [3.05, 3.63) is 48.5 Å². The molecule has 0 N–H and O–H groups in total. The van der Waals surface area contributed by atoms with Crippen LogP contribution in [-0.4, -0.2) is 44.8 Å². The smallest absolute Gasteiger partial charge is 0.222 e. The predicted molar refractivity (Wildman–Crippen MR) is 90.1 cm³/mol. The van der Waals surface area contributed by atoms with Crippen molar-refractivity contribution in [2.75, 3.05) is 13.1 Å². The van der Waals surface area contributed by atoms with E-state index in [0.29, 0.717) is 13.0 Å². The largest absolute Gasteiger partial charge is 0.373 e. The first-order valence-corrected chi connectivity index (χ1v) is 8.57. The number of carbonyl (C=O) groups is 1. The van der Waals surface area contributed by atoms with Gasteiger partial charge in [-0.15, -0.1) is 0 Å². The molecule has 2 heterocycles. The number of aryl methyl sites for hydroxylation is 1. The lowest BCUT2D eigenvalue weighted by atomic mass is 10.1. The molecule has 0 bridgehead atoms. The molecule has 0 aliphatic carbocycles. The Labute approximate surface area is 142 Å². The number of hydrogen-bond donors (Lipinski definition) is 0. The van der Waals surface area contributed by atoms with Crippen molar-refractivity contribution in [3.8, 4) is 0 Å². The fourth-order valence-electron chi connectivity index (χ4n) is 2.96. The number of likely N-dealkylation sites (tertiary alicyclic amines) is 1. The summed E-state index contributed by atoms with van der Waals surface area (Å²) in [6.07, 6.45) is 6.65. The van der Waals surface area contributed by atoms with Gasteiger partial charge in [-0.25, -0.2) is 4.98 Å². The van der Waals surface area contributed by atoms with Crippen LogP contribution in [0.4, 0.5) is 0 Å². The average molecular weight is 328 g/mol. The molecule has 1 saturated heterocycles. The van der Waals surface area contributed by atoms with E-state index in [1.165, 1.54) is 11.9 Å². The van der Waals surface area contributed by atoms with Crippen LogP contribution in [0.5, 0.6) is 0 Å². The Balaban J connectivity index is 1.33.